The molecule has 0 fully saturated rings. The summed E-state index contributed by atoms with van der Waals surface area (Å²) in [5.74, 6) is 1.41. The van der Waals surface area contributed by atoms with Crippen LogP contribution in [0.4, 0.5) is 0 Å². The molecule has 19 heavy (non-hydrogen) atoms. The number of nitrogens with one attached hydrogen (secondary N) is 1. The summed E-state index contributed by atoms with van der Waals surface area (Å²) >= 11 is 0. The summed E-state index contributed by atoms with van der Waals surface area (Å²) in [6.07, 6.45) is 0. The quantitative estimate of drug-likeness (QED) is 0.900. The second-order valence-corrected chi connectivity index (χ2v) is 5.09. The summed E-state index contributed by atoms with van der Waals surface area (Å²) in [4.78, 5) is 13.6. The lowest BCUT2D eigenvalue weighted by atomic mass is 9.92. The van der Waals surface area contributed by atoms with Crippen LogP contribution in [0.5, 0.6) is 5.75 Å². The number of amides is 1. The van der Waals surface area contributed by atoms with Gasteiger partial charge in [0.05, 0.1) is 13.2 Å². The summed E-state index contributed by atoms with van der Waals surface area (Å²) in [6.45, 7) is 5.91. The van der Waals surface area contributed by atoms with Crippen LogP contribution in [0.1, 0.15) is 25.5 Å². The van der Waals surface area contributed by atoms with Gasteiger partial charge < -0.3 is 15.0 Å². The molecule has 0 saturated carbocycles. The average Bonchev–Trinajstić information content (AvgIpc) is 2.45. The standard InChI is InChI=1S/C15H22N2O2/c1-4-17(3)14(18)9-16-15-11(2)10-19-13-8-6-5-7-12(13)15/h5-8,11,15-16H,4,9-10H2,1-3H3. The Bertz CT molecular complexity index is 448. The molecular formula is C15H22N2O2. The molecule has 1 aliphatic heterocycles. The molecule has 0 aromatic heterocycles. The molecular weight excluding hydrogens is 240 g/mol. The van der Waals surface area contributed by atoms with E-state index in [-0.39, 0.29) is 11.9 Å². The van der Waals surface area contributed by atoms with E-state index in [1.807, 2.05) is 32.2 Å². The molecule has 0 saturated heterocycles. The SMILES string of the molecule is CCN(C)C(=O)CNC1c2ccccc2OCC1C. The lowest BCUT2D eigenvalue weighted by Gasteiger charge is -2.32. The molecule has 0 bridgehead atoms. The molecule has 2 atom stereocenters. The molecule has 1 aromatic carbocycles. The van der Waals surface area contributed by atoms with Gasteiger partial charge in [-0.25, -0.2) is 0 Å². The third-order valence-electron chi connectivity index (χ3n) is 3.70. The van der Waals surface area contributed by atoms with Crippen molar-refractivity contribution < 1.29 is 9.53 Å². The summed E-state index contributed by atoms with van der Waals surface area (Å²) in [6, 6.07) is 8.21. The molecule has 2 unspecified atom stereocenters. The Labute approximate surface area is 114 Å². The second kappa shape index (κ2) is 6.06. The normalized spacial score (nSPS) is 21.4. The summed E-state index contributed by atoms with van der Waals surface area (Å²) in [5, 5.41) is 3.37. The van der Waals surface area contributed by atoms with Gasteiger partial charge in [0.2, 0.25) is 5.91 Å². The lowest BCUT2D eigenvalue weighted by molar-refractivity contribution is -0.129. The Morgan fingerprint density at radius 3 is 2.95 bits per heavy atom. The van der Waals surface area contributed by atoms with Crippen LogP contribution in [0.25, 0.3) is 0 Å². The minimum atomic E-state index is 0.124. The highest BCUT2D eigenvalue weighted by atomic mass is 16.5. The maximum absolute atomic E-state index is 11.9. The number of likely N-dealkylation sites (N-methyl/N-ethyl adjacent to an activating group) is 1. The molecule has 0 spiro atoms. The molecule has 4 heteroatoms. The van der Waals surface area contributed by atoms with Gasteiger partial charge in [0.25, 0.3) is 0 Å². The number of ether oxygens (including phenoxy) is 1. The molecule has 1 heterocycles. The van der Waals surface area contributed by atoms with Crippen molar-refractivity contribution in [3.05, 3.63) is 29.8 Å². The van der Waals surface area contributed by atoms with Crippen LogP contribution >= 0.6 is 0 Å². The van der Waals surface area contributed by atoms with Crippen molar-refractivity contribution in [3.8, 4) is 5.75 Å². The Morgan fingerprint density at radius 2 is 2.21 bits per heavy atom. The van der Waals surface area contributed by atoms with Gasteiger partial charge in [-0.05, 0) is 13.0 Å². The average molecular weight is 262 g/mol. The van der Waals surface area contributed by atoms with Crippen molar-refractivity contribution in [1.82, 2.24) is 10.2 Å². The predicted molar refractivity (Wildman–Crippen MR) is 75.2 cm³/mol. The minimum absolute atomic E-state index is 0.124. The van der Waals surface area contributed by atoms with Crippen LogP contribution < -0.4 is 10.1 Å². The number of benzene rings is 1. The maximum Gasteiger partial charge on any atom is 0.236 e. The Kier molecular flexibility index (Phi) is 4.43. The monoisotopic (exact) mass is 262 g/mol. The van der Waals surface area contributed by atoms with E-state index in [1.165, 1.54) is 0 Å². The molecule has 1 N–H and O–H groups in total. The number of carbonyl (C=O) groups is 1. The number of nitrogens with zero attached hydrogens (tertiary/aromatic N) is 1. The van der Waals surface area contributed by atoms with Gasteiger partial charge in [-0.15, -0.1) is 0 Å². The first-order chi connectivity index (χ1) is 9.13. The Balaban J connectivity index is 2.05. The maximum atomic E-state index is 11.9. The van der Waals surface area contributed by atoms with Crippen molar-refractivity contribution in [2.75, 3.05) is 26.7 Å². The van der Waals surface area contributed by atoms with E-state index < -0.39 is 0 Å². The fourth-order valence-corrected chi connectivity index (χ4v) is 2.31. The van der Waals surface area contributed by atoms with Gasteiger partial charge in [-0.3, -0.25) is 4.79 Å². The highest BCUT2D eigenvalue weighted by Gasteiger charge is 2.27. The fourth-order valence-electron chi connectivity index (χ4n) is 2.31. The highest BCUT2D eigenvalue weighted by Crippen LogP contribution is 2.34. The number of fused-ring (bicyclic) bond motifs is 1. The minimum Gasteiger partial charge on any atom is -0.493 e. The Hall–Kier alpha value is -1.55. The van der Waals surface area contributed by atoms with Gasteiger partial charge in [0.15, 0.2) is 0 Å². The van der Waals surface area contributed by atoms with Crippen LogP contribution in [0.2, 0.25) is 0 Å². The molecule has 0 radical (unpaired) electrons. The topological polar surface area (TPSA) is 41.6 Å². The summed E-state index contributed by atoms with van der Waals surface area (Å²) < 4.78 is 5.71. The van der Waals surface area contributed by atoms with Gasteiger partial charge in [-0.1, -0.05) is 25.1 Å². The van der Waals surface area contributed by atoms with E-state index in [0.717, 1.165) is 17.9 Å². The van der Waals surface area contributed by atoms with Crippen LogP contribution in [0, 0.1) is 5.92 Å². The number of hydrogen-bond acceptors (Lipinski definition) is 3. The van der Waals surface area contributed by atoms with Crippen LogP contribution in [-0.2, 0) is 4.79 Å². The molecule has 0 aliphatic carbocycles. The number of hydrogen-bond donors (Lipinski definition) is 1. The van der Waals surface area contributed by atoms with Crippen molar-refractivity contribution in [1.29, 1.82) is 0 Å². The van der Waals surface area contributed by atoms with Gasteiger partial charge in [0, 0.05) is 31.1 Å². The third-order valence-corrected chi connectivity index (χ3v) is 3.70. The van der Waals surface area contributed by atoms with Crippen LogP contribution in [0.15, 0.2) is 24.3 Å². The van der Waals surface area contributed by atoms with E-state index in [4.69, 9.17) is 4.74 Å². The highest BCUT2D eigenvalue weighted by molar-refractivity contribution is 5.78. The zero-order chi connectivity index (χ0) is 13.8. The predicted octanol–water partition coefficient (Wildman–Crippen LogP) is 1.82. The third kappa shape index (κ3) is 3.07. The van der Waals surface area contributed by atoms with Gasteiger partial charge in [-0.2, -0.15) is 0 Å². The molecule has 104 valence electrons. The van der Waals surface area contributed by atoms with E-state index in [9.17, 15) is 4.79 Å². The van der Waals surface area contributed by atoms with E-state index >= 15 is 0 Å². The number of carbonyl (C=O) groups excluding carboxylic acids is 1. The summed E-state index contributed by atoms with van der Waals surface area (Å²) in [7, 11) is 1.82. The zero-order valence-electron chi connectivity index (χ0n) is 11.8. The van der Waals surface area contributed by atoms with Gasteiger partial charge in [0.1, 0.15) is 5.75 Å². The van der Waals surface area contributed by atoms with E-state index in [1.54, 1.807) is 4.90 Å². The molecule has 1 amide bonds. The fraction of sp³-hybridized carbons (Fsp3) is 0.533. The first-order valence-corrected chi connectivity index (χ1v) is 6.82. The smallest absolute Gasteiger partial charge is 0.236 e. The largest absolute Gasteiger partial charge is 0.493 e. The van der Waals surface area contributed by atoms with Crippen LogP contribution in [-0.4, -0.2) is 37.6 Å². The molecule has 1 aliphatic rings. The van der Waals surface area contributed by atoms with E-state index in [0.29, 0.717) is 19.1 Å². The molecule has 4 nitrogen and oxygen atoms in total. The Morgan fingerprint density at radius 1 is 1.47 bits per heavy atom. The van der Waals surface area contributed by atoms with Crippen molar-refractivity contribution >= 4 is 5.91 Å². The van der Waals surface area contributed by atoms with Crippen molar-refractivity contribution in [2.24, 2.45) is 5.92 Å². The number of rotatable bonds is 4. The molecule has 2 rings (SSSR count). The number of para-hydroxylation sites is 1. The van der Waals surface area contributed by atoms with Gasteiger partial charge >= 0.3 is 0 Å². The van der Waals surface area contributed by atoms with E-state index in [2.05, 4.69) is 18.3 Å². The van der Waals surface area contributed by atoms with Crippen molar-refractivity contribution in [2.45, 2.75) is 19.9 Å². The zero-order valence-corrected chi connectivity index (χ0v) is 11.8. The lowest BCUT2D eigenvalue weighted by Crippen LogP contribution is -2.40. The second-order valence-electron chi connectivity index (χ2n) is 5.09. The first kappa shape index (κ1) is 13.9. The summed E-state index contributed by atoms with van der Waals surface area (Å²) in [5.41, 5.74) is 1.15. The molecule has 1 aromatic rings. The van der Waals surface area contributed by atoms with Crippen LogP contribution in [0.3, 0.4) is 0 Å². The first-order valence-electron chi connectivity index (χ1n) is 6.82. The van der Waals surface area contributed by atoms with Crippen molar-refractivity contribution in [3.63, 3.8) is 0 Å².